The number of hydrogen-bond acceptors (Lipinski definition) is 4. The lowest BCUT2D eigenvalue weighted by Crippen LogP contribution is -2.49. The lowest BCUT2D eigenvalue weighted by Gasteiger charge is -2.45. The Balaban J connectivity index is 1.51. The number of hydrogen-bond donors (Lipinski definition) is 0. The van der Waals surface area contributed by atoms with Crippen molar-refractivity contribution < 1.29 is 14.3 Å². The first-order valence-electron chi connectivity index (χ1n) is 10.6. The summed E-state index contributed by atoms with van der Waals surface area (Å²) in [5.41, 5.74) is 5.68. The summed E-state index contributed by atoms with van der Waals surface area (Å²) in [7, 11) is 0. The molecule has 0 saturated carbocycles. The van der Waals surface area contributed by atoms with Crippen molar-refractivity contribution in [1.82, 2.24) is 4.90 Å². The van der Waals surface area contributed by atoms with Gasteiger partial charge >= 0.3 is 5.97 Å². The van der Waals surface area contributed by atoms with Crippen molar-refractivity contribution in [2.24, 2.45) is 0 Å². The monoisotopic (exact) mass is 393 g/mol. The van der Waals surface area contributed by atoms with Crippen molar-refractivity contribution in [2.75, 3.05) is 13.1 Å². The number of carbonyl (C=O) groups is 1. The summed E-state index contributed by atoms with van der Waals surface area (Å²) in [5.74, 6) is 1.47. The van der Waals surface area contributed by atoms with Gasteiger partial charge in [-0.1, -0.05) is 30.3 Å². The van der Waals surface area contributed by atoms with E-state index in [0.29, 0.717) is 5.75 Å². The van der Waals surface area contributed by atoms with Gasteiger partial charge in [0.05, 0.1) is 0 Å². The van der Waals surface area contributed by atoms with Crippen LogP contribution in [-0.4, -0.2) is 29.6 Å². The maximum atomic E-state index is 11.5. The number of fused-ring (bicyclic) bond motifs is 1. The van der Waals surface area contributed by atoms with E-state index in [1.54, 1.807) is 0 Å². The molecule has 4 nitrogen and oxygen atoms in total. The topological polar surface area (TPSA) is 38.8 Å². The number of rotatable bonds is 3. The van der Waals surface area contributed by atoms with Gasteiger partial charge < -0.3 is 9.47 Å². The Kier molecular flexibility index (Phi) is 5.39. The smallest absolute Gasteiger partial charge is 0.308 e. The minimum atomic E-state index is -0.269. The van der Waals surface area contributed by atoms with Crippen molar-refractivity contribution in [3.05, 3.63) is 58.1 Å². The van der Waals surface area contributed by atoms with Gasteiger partial charge in [-0.05, 0) is 68.7 Å². The van der Waals surface area contributed by atoms with Gasteiger partial charge in [0.25, 0.3) is 0 Å². The van der Waals surface area contributed by atoms with Gasteiger partial charge in [0, 0.05) is 32.1 Å². The van der Waals surface area contributed by atoms with E-state index >= 15 is 0 Å². The number of ether oxygens (including phenoxy) is 2. The Labute approximate surface area is 173 Å². The maximum absolute atomic E-state index is 11.5. The van der Waals surface area contributed by atoms with Gasteiger partial charge in [0.15, 0.2) is 0 Å². The average Bonchev–Trinajstić information content (AvgIpc) is 2.72. The first kappa shape index (κ1) is 20.0. The highest BCUT2D eigenvalue weighted by molar-refractivity contribution is 5.72. The van der Waals surface area contributed by atoms with Crippen LogP contribution < -0.4 is 9.47 Å². The van der Waals surface area contributed by atoms with Gasteiger partial charge in [-0.25, -0.2) is 0 Å². The molecule has 2 aromatic rings. The van der Waals surface area contributed by atoms with E-state index in [2.05, 4.69) is 42.2 Å². The van der Waals surface area contributed by atoms with E-state index in [9.17, 15) is 4.79 Å². The lowest BCUT2D eigenvalue weighted by atomic mass is 9.81. The molecule has 2 heterocycles. The minimum absolute atomic E-state index is 0.0627. The van der Waals surface area contributed by atoms with Crippen LogP contribution in [0.15, 0.2) is 30.3 Å². The van der Waals surface area contributed by atoms with Gasteiger partial charge in [0.1, 0.15) is 17.1 Å². The van der Waals surface area contributed by atoms with Gasteiger partial charge in [-0.15, -0.1) is 0 Å². The van der Waals surface area contributed by atoms with E-state index in [-0.39, 0.29) is 11.6 Å². The molecule has 2 aliphatic rings. The van der Waals surface area contributed by atoms with E-state index in [1.807, 2.05) is 13.8 Å². The Hall–Kier alpha value is -2.33. The van der Waals surface area contributed by atoms with E-state index < -0.39 is 0 Å². The molecule has 0 aromatic heterocycles. The fourth-order valence-electron chi connectivity index (χ4n) is 4.82. The standard InChI is InChI=1S/C25H31NO3/c1-17-18(2)24-22(19(3)23(17)28-20(4)27)10-11-25(29-24)12-14-26(15-13-25)16-21-8-6-5-7-9-21/h5-9H,10-16H2,1-4H3. The highest BCUT2D eigenvalue weighted by Crippen LogP contribution is 2.46. The van der Waals surface area contributed by atoms with Crippen LogP contribution in [0.4, 0.5) is 0 Å². The van der Waals surface area contributed by atoms with Crippen molar-refractivity contribution >= 4 is 5.97 Å². The average molecular weight is 394 g/mol. The molecule has 0 N–H and O–H groups in total. The molecule has 4 rings (SSSR count). The summed E-state index contributed by atoms with van der Waals surface area (Å²) >= 11 is 0. The molecule has 0 bridgehead atoms. The molecule has 0 amide bonds. The molecule has 0 radical (unpaired) electrons. The number of benzene rings is 2. The van der Waals surface area contributed by atoms with Crippen LogP contribution in [-0.2, 0) is 17.8 Å². The fraction of sp³-hybridized carbons (Fsp3) is 0.480. The molecule has 1 fully saturated rings. The molecule has 154 valence electrons. The van der Waals surface area contributed by atoms with Crippen LogP contribution in [0, 0.1) is 20.8 Å². The molecular formula is C25H31NO3. The maximum Gasteiger partial charge on any atom is 0.308 e. The SMILES string of the molecule is CC(=O)Oc1c(C)c(C)c2c(c1C)CCC1(CCN(Cc3ccccc3)CC1)O2. The molecule has 4 heteroatoms. The number of likely N-dealkylation sites (tertiary alicyclic amines) is 1. The van der Waals surface area contributed by atoms with Crippen molar-refractivity contribution in [3.8, 4) is 11.5 Å². The molecular weight excluding hydrogens is 362 g/mol. The summed E-state index contributed by atoms with van der Waals surface area (Å²) in [6.07, 6.45) is 4.13. The summed E-state index contributed by atoms with van der Waals surface area (Å²) in [6, 6.07) is 10.7. The second-order valence-corrected chi connectivity index (χ2v) is 8.65. The van der Waals surface area contributed by atoms with Crippen LogP contribution in [0.2, 0.25) is 0 Å². The summed E-state index contributed by atoms with van der Waals surface area (Å²) in [6.45, 7) is 10.8. The third-order valence-corrected chi connectivity index (χ3v) is 6.72. The van der Waals surface area contributed by atoms with Crippen LogP contribution in [0.1, 0.15) is 54.0 Å². The first-order chi connectivity index (χ1) is 13.9. The van der Waals surface area contributed by atoms with Crippen molar-refractivity contribution in [3.63, 3.8) is 0 Å². The molecule has 2 aliphatic heterocycles. The van der Waals surface area contributed by atoms with Gasteiger partial charge in [0.2, 0.25) is 0 Å². The predicted molar refractivity (Wildman–Crippen MR) is 115 cm³/mol. The Morgan fingerprint density at radius 2 is 1.72 bits per heavy atom. The zero-order valence-corrected chi connectivity index (χ0v) is 18.0. The third kappa shape index (κ3) is 3.91. The number of carbonyl (C=O) groups excluding carboxylic acids is 1. The molecule has 2 aromatic carbocycles. The molecule has 0 atom stereocenters. The second kappa shape index (κ2) is 7.83. The Morgan fingerprint density at radius 3 is 2.38 bits per heavy atom. The van der Waals surface area contributed by atoms with E-state index in [4.69, 9.17) is 9.47 Å². The van der Waals surface area contributed by atoms with E-state index in [0.717, 1.165) is 67.8 Å². The molecule has 0 aliphatic carbocycles. The van der Waals surface area contributed by atoms with Crippen LogP contribution in [0.25, 0.3) is 0 Å². The van der Waals surface area contributed by atoms with Crippen LogP contribution >= 0.6 is 0 Å². The number of nitrogens with zero attached hydrogens (tertiary/aromatic N) is 1. The summed E-state index contributed by atoms with van der Waals surface area (Å²) in [4.78, 5) is 14.1. The van der Waals surface area contributed by atoms with Crippen LogP contribution in [0.5, 0.6) is 11.5 Å². The quantitative estimate of drug-likeness (QED) is 0.549. The molecule has 29 heavy (non-hydrogen) atoms. The first-order valence-corrected chi connectivity index (χ1v) is 10.6. The zero-order chi connectivity index (χ0) is 20.6. The third-order valence-electron chi connectivity index (χ3n) is 6.72. The van der Waals surface area contributed by atoms with Gasteiger partial charge in [-0.3, -0.25) is 9.69 Å². The van der Waals surface area contributed by atoms with Crippen LogP contribution in [0.3, 0.4) is 0 Å². The molecule has 1 spiro atoms. The molecule has 1 saturated heterocycles. The molecule has 0 unspecified atom stereocenters. The Morgan fingerprint density at radius 1 is 1.03 bits per heavy atom. The minimum Gasteiger partial charge on any atom is -0.487 e. The largest absolute Gasteiger partial charge is 0.487 e. The fourth-order valence-corrected chi connectivity index (χ4v) is 4.82. The van der Waals surface area contributed by atoms with Crippen molar-refractivity contribution in [2.45, 2.75) is 65.5 Å². The normalized spacial score (nSPS) is 18.2. The highest BCUT2D eigenvalue weighted by Gasteiger charge is 2.41. The Bertz CT molecular complexity index is 912. The van der Waals surface area contributed by atoms with E-state index in [1.165, 1.54) is 18.1 Å². The lowest BCUT2D eigenvalue weighted by molar-refractivity contribution is -0.132. The summed E-state index contributed by atoms with van der Waals surface area (Å²) in [5, 5.41) is 0. The number of piperidine rings is 1. The zero-order valence-electron chi connectivity index (χ0n) is 18.0. The predicted octanol–water partition coefficient (Wildman–Crippen LogP) is 4.90. The number of esters is 1. The second-order valence-electron chi connectivity index (χ2n) is 8.65. The van der Waals surface area contributed by atoms with Gasteiger partial charge in [-0.2, -0.15) is 0 Å². The summed E-state index contributed by atoms with van der Waals surface area (Å²) < 4.78 is 12.3. The van der Waals surface area contributed by atoms with Crippen molar-refractivity contribution in [1.29, 1.82) is 0 Å². The highest BCUT2D eigenvalue weighted by atomic mass is 16.5.